The summed E-state index contributed by atoms with van der Waals surface area (Å²) in [6.45, 7) is 0. The maximum absolute atomic E-state index is 12.3. The predicted octanol–water partition coefficient (Wildman–Crippen LogP) is 3.44. The highest BCUT2D eigenvalue weighted by molar-refractivity contribution is 5.91. The summed E-state index contributed by atoms with van der Waals surface area (Å²) in [7, 11) is 2.57. The second kappa shape index (κ2) is 6.55. The predicted molar refractivity (Wildman–Crippen MR) is 74.2 cm³/mol. The molecule has 0 aliphatic rings. The highest BCUT2D eigenvalue weighted by Crippen LogP contribution is 2.32. The first kappa shape index (κ1) is 16.6. The maximum atomic E-state index is 12.3. The van der Waals surface area contributed by atoms with Crippen LogP contribution in [0.25, 0.3) is 11.1 Å². The van der Waals surface area contributed by atoms with Crippen LogP contribution in [-0.2, 0) is 4.74 Å². The molecule has 1 heterocycles. The van der Waals surface area contributed by atoms with E-state index in [1.54, 1.807) is 6.07 Å². The SMILES string of the molecule is COC(=O)c1cnc(OC)c(-c2cccc(OC(F)(F)F)c2)c1. The Hall–Kier alpha value is -2.77. The molecular weight excluding hydrogens is 315 g/mol. The molecule has 0 amide bonds. The average molecular weight is 327 g/mol. The summed E-state index contributed by atoms with van der Waals surface area (Å²) in [6.07, 6.45) is -3.54. The van der Waals surface area contributed by atoms with E-state index in [4.69, 9.17) is 4.74 Å². The monoisotopic (exact) mass is 327 g/mol. The van der Waals surface area contributed by atoms with Crippen LogP contribution in [0.3, 0.4) is 0 Å². The van der Waals surface area contributed by atoms with Gasteiger partial charge in [-0.3, -0.25) is 0 Å². The Morgan fingerprint density at radius 1 is 1.17 bits per heavy atom. The number of methoxy groups -OCH3 is 2. The van der Waals surface area contributed by atoms with Gasteiger partial charge in [-0.15, -0.1) is 13.2 Å². The van der Waals surface area contributed by atoms with E-state index in [0.29, 0.717) is 11.1 Å². The normalized spacial score (nSPS) is 11.0. The zero-order valence-electron chi connectivity index (χ0n) is 12.2. The van der Waals surface area contributed by atoms with Crippen molar-refractivity contribution in [3.05, 3.63) is 42.1 Å². The number of alkyl halides is 3. The van der Waals surface area contributed by atoms with Crippen LogP contribution >= 0.6 is 0 Å². The van der Waals surface area contributed by atoms with Crippen molar-refractivity contribution in [2.45, 2.75) is 6.36 Å². The van der Waals surface area contributed by atoms with E-state index in [-0.39, 0.29) is 17.2 Å². The Labute approximate surface area is 129 Å². The highest BCUT2D eigenvalue weighted by Gasteiger charge is 2.31. The number of pyridine rings is 1. The Balaban J connectivity index is 2.48. The van der Waals surface area contributed by atoms with Gasteiger partial charge in [0.2, 0.25) is 5.88 Å². The van der Waals surface area contributed by atoms with E-state index >= 15 is 0 Å². The molecule has 122 valence electrons. The Morgan fingerprint density at radius 3 is 2.52 bits per heavy atom. The van der Waals surface area contributed by atoms with Crippen molar-refractivity contribution >= 4 is 5.97 Å². The third-order valence-electron chi connectivity index (χ3n) is 2.84. The number of carbonyl (C=O) groups is 1. The minimum Gasteiger partial charge on any atom is -0.481 e. The van der Waals surface area contributed by atoms with Crippen molar-refractivity contribution in [2.75, 3.05) is 14.2 Å². The molecule has 0 aliphatic heterocycles. The molecule has 0 unspecified atom stereocenters. The summed E-state index contributed by atoms with van der Waals surface area (Å²) >= 11 is 0. The van der Waals surface area contributed by atoms with Gasteiger partial charge in [0.1, 0.15) is 5.75 Å². The first-order chi connectivity index (χ1) is 10.8. The first-order valence-electron chi connectivity index (χ1n) is 6.32. The van der Waals surface area contributed by atoms with Crippen LogP contribution in [0.15, 0.2) is 36.5 Å². The number of hydrogen-bond donors (Lipinski definition) is 0. The van der Waals surface area contributed by atoms with Crippen molar-refractivity contribution in [1.29, 1.82) is 0 Å². The summed E-state index contributed by atoms with van der Waals surface area (Å²) in [6, 6.07) is 6.70. The van der Waals surface area contributed by atoms with E-state index in [1.165, 1.54) is 44.7 Å². The van der Waals surface area contributed by atoms with E-state index < -0.39 is 12.3 Å². The summed E-state index contributed by atoms with van der Waals surface area (Å²) in [5, 5.41) is 0. The lowest BCUT2D eigenvalue weighted by atomic mass is 10.0. The van der Waals surface area contributed by atoms with Gasteiger partial charge < -0.3 is 14.2 Å². The molecular formula is C15H12F3NO4. The third-order valence-corrected chi connectivity index (χ3v) is 2.84. The number of hydrogen-bond acceptors (Lipinski definition) is 5. The second-order valence-electron chi connectivity index (χ2n) is 4.35. The molecule has 0 atom stereocenters. The third kappa shape index (κ3) is 4.12. The van der Waals surface area contributed by atoms with Gasteiger partial charge >= 0.3 is 12.3 Å². The van der Waals surface area contributed by atoms with Crippen LogP contribution in [0.1, 0.15) is 10.4 Å². The van der Waals surface area contributed by atoms with Crippen LogP contribution in [-0.4, -0.2) is 31.5 Å². The van der Waals surface area contributed by atoms with Crippen LogP contribution in [0.4, 0.5) is 13.2 Å². The topological polar surface area (TPSA) is 57.7 Å². The first-order valence-corrected chi connectivity index (χ1v) is 6.32. The van der Waals surface area contributed by atoms with E-state index in [9.17, 15) is 18.0 Å². The molecule has 0 fully saturated rings. The van der Waals surface area contributed by atoms with Crippen molar-refractivity contribution in [3.8, 4) is 22.8 Å². The molecule has 0 radical (unpaired) electrons. The molecule has 1 aromatic carbocycles. The zero-order valence-corrected chi connectivity index (χ0v) is 12.2. The lowest BCUT2D eigenvalue weighted by Crippen LogP contribution is -2.17. The van der Waals surface area contributed by atoms with Crippen molar-refractivity contribution < 1.29 is 32.2 Å². The van der Waals surface area contributed by atoms with Crippen LogP contribution < -0.4 is 9.47 Å². The van der Waals surface area contributed by atoms with Crippen LogP contribution in [0.5, 0.6) is 11.6 Å². The fraction of sp³-hybridized carbons (Fsp3) is 0.200. The van der Waals surface area contributed by atoms with Gasteiger partial charge in [0.25, 0.3) is 0 Å². The molecule has 1 aromatic heterocycles. The fourth-order valence-corrected chi connectivity index (χ4v) is 1.91. The van der Waals surface area contributed by atoms with Gasteiger partial charge in [-0.05, 0) is 23.8 Å². The van der Waals surface area contributed by atoms with Gasteiger partial charge in [0.15, 0.2) is 0 Å². The van der Waals surface area contributed by atoms with Crippen molar-refractivity contribution in [1.82, 2.24) is 4.98 Å². The number of rotatable bonds is 4. The summed E-state index contributed by atoms with van der Waals surface area (Å²) in [5.41, 5.74) is 0.829. The van der Waals surface area contributed by atoms with Gasteiger partial charge in [-0.2, -0.15) is 0 Å². The molecule has 23 heavy (non-hydrogen) atoms. The minimum absolute atomic E-state index is 0.144. The van der Waals surface area contributed by atoms with Gasteiger partial charge in [-0.1, -0.05) is 12.1 Å². The maximum Gasteiger partial charge on any atom is 0.573 e. The second-order valence-corrected chi connectivity index (χ2v) is 4.35. The van der Waals surface area contributed by atoms with Gasteiger partial charge in [0.05, 0.1) is 19.8 Å². The number of esters is 1. The lowest BCUT2D eigenvalue weighted by Gasteiger charge is -2.12. The quantitative estimate of drug-likeness (QED) is 0.805. The standard InChI is InChI=1S/C15H12F3NO4/c1-21-13-12(7-10(8-19-13)14(20)22-2)9-4-3-5-11(6-9)23-15(16,17)18/h3-8H,1-2H3. The molecule has 0 aliphatic carbocycles. The molecule has 5 nitrogen and oxygen atoms in total. The molecule has 2 aromatic rings. The number of carbonyl (C=O) groups excluding carboxylic acids is 1. The van der Waals surface area contributed by atoms with E-state index in [2.05, 4.69) is 14.5 Å². The van der Waals surface area contributed by atoms with E-state index in [1.807, 2.05) is 0 Å². The number of nitrogens with zero attached hydrogens (tertiary/aromatic N) is 1. The average Bonchev–Trinajstić information content (AvgIpc) is 2.52. The lowest BCUT2D eigenvalue weighted by molar-refractivity contribution is -0.274. The largest absolute Gasteiger partial charge is 0.573 e. The molecule has 0 N–H and O–H groups in total. The summed E-state index contributed by atoms with van der Waals surface area (Å²) in [4.78, 5) is 15.5. The molecule has 0 spiro atoms. The highest BCUT2D eigenvalue weighted by atomic mass is 19.4. The molecule has 0 saturated carbocycles. The Morgan fingerprint density at radius 2 is 1.91 bits per heavy atom. The molecule has 2 rings (SSSR count). The minimum atomic E-state index is -4.80. The Kier molecular flexibility index (Phi) is 4.73. The van der Waals surface area contributed by atoms with Crippen LogP contribution in [0, 0.1) is 0 Å². The van der Waals surface area contributed by atoms with Gasteiger partial charge in [-0.25, -0.2) is 9.78 Å². The number of halogens is 3. The number of aromatic nitrogens is 1. The summed E-state index contributed by atoms with van der Waals surface area (Å²) in [5.74, 6) is -0.855. The van der Waals surface area contributed by atoms with Crippen molar-refractivity contribution in [3.63, 3.8) is 0 Å². The molecule has 0 bridgehead atoms. The number of ether oxygens (including phenoxy) is 3. The number of benzene rings is 1. The van der Waals surface area contributed by atoms with E-state index in [0.717, 1.165) is 0 Å². The zero-order chi connectivity index (χ0) is 17.0. The van der Waals surface area contributed by atoms with Crippen LogP contribution in [0.2, 0.25) is 0 Å². The summed E-state index contributed by atoms with van der Waals surface area (Å²) < 4.78 is 50.5. The fourth-order valence-electron chi connectivity index (χ4n) is 1.91. The smallest absolute Gasteiger partial charge is 0.481 e. The van der Waals surface area contributed by atoms with Gasteiger partial charge in [0, 0.05) is 11.8 Å². The Bertz CT molecular complexity index is 716. The molecule has 0 saturated heterocycles. The molecule has 8 heteroatoms. The van der Waals surface area contributed by atoms with Crippen molar-refractivity contribution in [2.24, 2.45) is 0 Å².